The van der Waals surface area contributed by atoms with Crippen molar-refractivity contribution in [1.29, 1.82) is 0 Å². The van der Waals surface area contributed by atoms with E-state index in [0.717, 1.165) is 6.42 Å². The van der Waals surface area contributed by atoms with Gasteiger partial charge in [-0.15, -0.1) is 11.3 Å². The fraction of sp³-hybridized carbons (Fsp3) is 0.647. The quantitative estimate of drug-likeness (QED) is 0.874. The van der Waals surface area contributed by atoms with Crippen molar-refractivity contribution in [1.82, 2.24) is 10.6 Å². The van der Waals surface area contributed by atoms with E-state index in [1.165, 1.54) is 30.6 Å². The molecular formula is C17H26N2O2S. The van der Waals surface area contributed by atoms with E-state index in [-0.39, 0.29) is 23.8 Å². The van der Waals surface area contributed by atoms with Crippen molar-refractivity contribution < 1.29 is 9.59 Å². The van der Waals surface area contributed by atoms with Crippen molar-refractivity contribution >= 4 is 23.2 Å². The Bertz CT molecular complexity index is 499. The van der Waals surface area contributed by atoms with Crippen LogP contribution in [0.4, 0.5) is 0 Å². The first kappa shape index (κ1) is 17.0. The zero-order valence-corrected chi connectivity index (χ0v) is 14.4. The Morgan fingerprint density at radius 2 is 2.00 bits per heavy atom. The van der Waals surface area contributed by atoms with Crippen LogP contribution in [-0.2, 0) is 4.79 Å². The van der Waals surface area contributed by atoms with Crippen LogP contribution in [0.2, 0.25) is 0 Å². The number of amides is 2. The van der Waals surface area contributed by atoms with Gasteiger partial charge < -0.3 is 10.6 Å². The molecule has 1 aliphatic carbocycles. The number of carbonyl (C=O) groups is 2. The third-order valence-electron chi connectivity index (χ3n) is 4.42. The number of carbonyl (C=O) groups excluding carboxylic acids is 2. The second kappa shape index (κ2) is 7.77. The summed E-state index contributed by atoms with van der Waals surface area (Å²) < 4.78 is 0. The summed E-state index contributed by atoms with van der Waals surface area (Å²) in [6.07, 6.45) is 4.62. The molecule has 1 aromatic heterocycles. The minimum Gasteiger partial charge on any atom is -0.351 e. The normalized spacial score (nSPS) is 23.1. The minimum absolute atomic E-state index is 0.0568. The molecule has 2 N–H and O–H groups in total. The average molecular weight is 322 g/mol. The van der Waals surface area contributed by atoms with E-state index in [1.54, 1.807) is 6.07 Å². The molecular weight excluding hydrogens is 296 g/mol. The first-order valence-electron chi connectivity index (χ1n) is 8.13. The van der Waals surface area contributed by atoms with Crippen molar-refractivity contribution in [2.24, 2.45) is 11.8 Å². The third kappa shape index (κ3) is 4.32. The summed E-state index contributed by atoms with van der Waals surface area (Å²) in [6, 6.07) is 3.37. The van der Waals surface area contributed by atoms with Gasteiger partial charge in [0.1, 0.15) is 6.04 Å². The van der Waals surface area contributed by atoms with Gasteiger partial charge in [-0.2, -0.15) is 0 Å². The summed E-state index contributed by atoms with van der Waals surface area (Å²) in [5, 5.41) is 7.90. The number of hydrogen-bond donors (Lipinski definition) is 2. The molecule has 1 saturated carbocycles. The molecule has 3 unspecified atom stereocenters. The molecule has 2 rings (SSSR count). The summed E-state index contributed by atoms with van der Waals surface area (Å²) >= 11 is 1.39. The summed E-state index contributed by atoms with van der Waals surface area (Å²) in [4.78, 5) is 25.4. The van der Waals surface area contributed by atoms with Crippen molar-refractivity contribution in [3.63, 3.8) is 0 Å². The standard InChI is InChI=1S/C17H26N2O2S/c1-11(2)15(19-16(20)14-9-6-10-22-14)17(21)18-13-8-5-4-7-12(13)3/h6,9-13,15H,4-5,7-8H2,1-3H3,(H,18,21)(H,19,20). The second-order valence-electron chi connectivity index (χ2n) is 6.55. The van der Waals surface area contributed by atoms with Crippen LogP contribution < -0.4 is 10.6 Å². The monoisotopic (exact) mass is 322 g/mol. The maximum absolute atomic E-state index is 12.6. The van der Waals surface area contributed by atoms with E-state index < -0.39 is 6.04 Å². The van der Waals surface area contributed by atoms with Gasteiger partial charge in [0.2, 0.25) is 5.91 Å². The Hall–Kier alpha value is -1.36. The summed E-state index contributed by atoms with van der Waals surface area (Å²) in [5.74, 6) is 0.348. The van der Waals surface area contributed by atoms with E-state index in [9.17, 15) is 9.59 Å². The molecule has 1 aromatic rings. The van der Waals surface area contributed by atoms with Crippen LogP contribution in [0.1, 0.15) is 56.1 Å². The van der Waals surface area contributed by atoms with Gasteiger partial charge in [0.25, 0.3) is 5.91 Å². The summed E-state index contributed by atoms with van der Waals surface area (Å²) in [5.41, 5.74) is 0. The molecule has 0 aliphatic heterocycles. The smallest absolute Gasteiger partial charge is 0.262 e. The van der Waals surface area contributed by atoms with Crippen LogP contribution in [-0.4, -0.2) is 23.9 Å². The summed E-state index contributed by atoms with van der Waals surface area (Å²) in [7, 11) is 0. The van der Waals surface area contributed by atoms with Crippen LogP contribution >= 0.6 is 11.3 Å². The molecule has 5 heteroatoms. The van der Waals surface area contributed by atoms with Gasteiger partial charge in [0.05, 0.1) is 4.88 Å². The zero-order valence-electron chi connectivity index (χ0n) is 13.6. The highest BCUT2D eigenvalue weighted by Crippen LogP contribution is 2.24. The molecule has 3 atom stereocenters. The molecule has 0 bridgehead atoms. The molecule has 2 amide bonds. The fourth-order valence-corrected chi connectivity index (χ4v) is 3.59. The lowest BCUT2D eigenvalue weighted by molar-refractivity contribution is -0.125. The number of thiophene rings is 1. The number of hydrogen-bond acceptors (Lipinski definition) is 3. The number of nitrogens with one attached hydrogen (secondary N) is 2. The van der Waals surface area contributed by atoms with E-state index in [4.69, 9.17) is 0 Å². The van der Waals surface area contributed by atoms with Gasteiger partial charge in [-0.1, -0.05) is 39.7 Å². The largest absolute Gasteiger partial charge is 0.351 e. The lowest BCUT2D eigenvalue weighted by atomic mass is 9.85. The molecule has 0 saturated heterocycles. The van der Waals surface area contributed by atoms with E-state index >= 15 is 0 Å². The van der Waals surface area contributed by atoms with Gasteiger partial charge in [-0.25, -0.2) is 0 Å². The maximum atomic E-state index is 12.6. The van der Waals surface area contributed by atoms with E-state index in [1.807, 2.05) is 25.3 Å². The van der Waals surface area contributed by atoms with Crippen molar-refractivity contribution in [3.8, 4) is 0 Å². The first-order valence-corrected chi connectivity index (χ1v) is 9.01. The molecule has 0 aromatic carbocycles. The molecule has 1 aliphatic rings. The lowest BCUT2D eigenvalue weighted by Crippen LogP contribution is -2.53. The molecule has 4 nitrogen and oxygen atoms in total. The Labute approximate surface area is 136 Å². The van der Waals surface area contributed by atoms with Crippen molar-refractivity contribution in [2.75, 3.05) is 0 Å². The van der Waals surface area contributed by atoms with Crippen molar-refractivity contribution in [2.45, 2.75) is 58.5 Å². The highest BCUT2D eigenvalue weighted by atomic mass is 32.1. The van der Waals surface area contributed by atoms with E-state index in [0.29, 0.717) is 10.8 Å². The number of rotatable bonds is 5. The van der Waals surface area contributed by atoms with Crippen molar-refractivity contribution in [3.05, 3.63) is 22.4 Å². The SMILES string of the molecule is CC(C)C(NC(=O)c1cccs1)C(=O)NC1CCCCC1C. The Morgan fingerprint density at radius 1 is 1.27 bits per heavy atom. The second-order valence-corrected chi connectivity index (χ2v) is 7.50. The predicted molar refractivity (Wildman–Crippen MR) is 90.0 cm³/mol. The van der Waals surface area contributed by atoms with Gasteiger partial charge in [-0.05, 0) is 36.1 Å². The third-order valence-corrected chi connectivity index (χ3v) is 5.29. The van der Waals surface area contributed by atoms with Crippen LogP contribution in [0.5, 0.6) is 0 Å². The Kier molecular flexibility index (Phi) is 6.00. The molecule has 22 heavy (non-hydrogen) atoms. The van der Waals surface area contributed by atoms with Crippen LogP contribution in [0.3, 0.4) is 0 Å². The van der Waals surface area contributed by atoms with Gasteiger partial charge in [0, 0.05) is 6.04 Å². The Morgan fingerprint density at radius 3 is 2.59 bits per heavy atom. The van der Waals surface area contributed by atoms with Crippen LogP contribution in [0, 0.1) is 11.8 Å². The maximum Gasteiger partial charge on any atom is 0.262 e. The average Bonchev–Trinajstić information content (AvgIpc) is 3.00. The summed E-state index contributed by atoms with van der Waals surface area (Å²) in [6.45, 7) is 6.12. The van der Waals surface area contributed by atoms with Gasteiger partial charge >= 0.3 is 0 Å². The zero-order chi connectivity index (χ0) is 16.1. The lowest BCUT2D eigenvalue weighted by Gasteiger charge is -2.32. The van der Waals surface area contributed by atoms with Crippen LogP contribution in [0.25, 0.3) is 0 Å². The molecule has 0 spiro atoms. The van der Waals surface area contributed by atoms with Crippen LogP contribution in [0.15, 0.2) is 17.5 Å². The topological polar surface area (TPSA) is 58.2 Å². The molecule has 1 fully saturated rings. The molecule has 122 valence electrons. The highest BCUT2D eigenvalue weighted by Gasteiger charge is 2.29. The molecule has 1 heterocycles. The fourth-order valence-electron chi connectivity index (χ4n) is 2.96. The predicted octanol–water partition coefficient (Wildman–Crippen LogP) is 3.20. The van der Waals surface area contributed by atoms with E-state index in [2.05, 4.69) is 17.6 Å². The first-order chi connectivity index (χ1) is 10.5. The Balaban J connectivity index is 1.97. The minimum atomic E-state index is -0.483. The van der Waals surface area contributed by atoms with Gasteiger partial charge in [-0.3, -0.25) is 9.59 Å². The van der Waals surface area contributed by atoms with Gasteiger partial charge in [0.15, 0.2) is 0 Å². The molecule has 0 radical (unpaired) electrons. The highest BCUT2D eigenvalue weighted by molar-refractivity contribution is 7.12.